The molecule has 6 nitrogen and oxygen atoms in total. The van der Waals surface area contributed by atoms with Crippen LogP contribution in [-0.2, 0) is 21.4 Å². The molecular formula is C20H20N2O4S2. The summed E-state index contributed by atoms with van der Waals surface area (Å²) in [6, 6.07) is 13.7. The molecule has 0 bridgehead atoms. The molecule has 0 saturated heterocycles. The minimum atomic E-state index is -3.53. The Morgan fingerprint density at radius 3 is 2.32 bits per heavy atom. The van der Waals surface area contributed by atoms with Crippen molar-refractivity contribution < 1.29 is 17.9 Å². The van der Waals surface area contributed by atoms with E-state index in [4.69, 9.17) is 4.74 Å². The highest BCUT2D eigenvalue weighted by atomic mass is 32.2. The monoisotopic (exact) mass is 416 g/mol. The minimum absolute atomic E-state index is 0.0545. The molecule has 0 aliphatic carbocycles. The van der Waals surface area contributed by atoms with E-state index >= 15 is 0 Å². The predicted octanol–water partition coefficient (Wildman–Crippen LogP) is 3.73. The van der Waals surface area contributed by atoms with Crippen molar-refractivity contribution in [3.63, 3.8) is 0 Å². The first kappa shape index (κ1) is 20.2. The Hall–Kier alpha value is -2.55. The molecular weight excluding hydrogens is 396 g/mol. The van der Waals surface area contributed by atoms with Crippen LogP contribution >= 0.6 is 11.3 Å². The van der Waals surface area contributed by atoms with Crippen LogP contribution in [0, 0.1) is 6.92 Å². The molecule has 0 N–H and O–H groups in total. The number of benzene rings is 2. The minimum Gasteiger partial charge on any atom is -0.456 e. The van der Waals surface area contributed by atoms with E-state index < -0.39 is 16.0 Å². The first-order valence-corrected chi connectivity index (χ1v) is 10.8. The Morgan fingerprint density at radius 1 is 1.07 bits per heavy atom. The number of aryl methyl sites for hydroxylation is 1. The molecule has 0 aliphatic rings. The molecule has 0 unspecified atom stereocenters. The topological polar surface area (TPSA) is 76.6 Å². The summed E-state index contributed by atoms with van der Waals surface area (Å²) in [6.07, 6.45) is 0. The number of rotatable bonds is 6. The van der Waals surface area contributed by atoms with Gasteiger partial charge in [-0.3, -0.25) is 0 Å². The van der Waals surface area contributed by atoms with Gasteiger partial charge in [0.05, 0.1) is 16.2 Å². The molecule has 8 heteroatoms. The van der Waals surface area contributed by atoms with Gasteiger partial charge in [-0.25, -0.2) is 22.5 Å². The number of ether oxygens (including phenoxy) is 1. The van der Waals surface area contributed by atoms with Crippen molar-refractivity contribution in [1.29, 1.82) is 0 Å². The summed E-state index contributed by atoms with van der Waals surface area (Å²) < 4.78 is 30.5. The number of hydrogen-bond donors (Lipinski definition) is 0. The van der Waals surface area contributed by atoms with Gasteiger partial charge in [0.25, 0.3) is 0 Å². The maximum absolute atomic E-state index is 12.2. The van der Waals surface area contributed by atoms with Gasteiger partial charge in [-0.2, -0.15) is 0 Å². The highest BCUT2D eigenvalue weighted by molar-refractivity contribution is 7.89. The van der Waals surface area contributed by atoms with Crippen LogP contribution in [0.2, 0.25) is 0 Å². The summed E-state index contributed by atoms with van der Waals surface area (Å²) in [7, 11) is -0.619. The molecule has 3 rings (SSSR count). The van der Waals surface area contributed by atoms with Gasteiger partial charge in [0.2, 0.25) is 10.0 Å². The number of carbonyl (C=O) groups is 1. The van der Waals surface area contributed by atoms with Crippen LogP contribution in [0.3, 0.4) is 0 Å². The van der Waals surface area contributed by atoms with E-state index in [0.29, 0.717) is 5.69 Å². The van der Waals surface area contributed by atoms with E-state index in [1.165, 1.54) is 55.3 Å². The van der Waals surface area contributed by atoms with Crippen LogP contribution in [-0.4, -0.2) is 37.8 Å². The average Bonchev–Trinajstić information content (AvgIpc) is 3.15. The standard InChI is InChI=1S/C20H20N2O4S2/c1-14-4-6-15(7-5-14)19-21-17(13-27-19)12-26-20(23)16-8-10-18(11-9-16)28(24,25)22(2)3/h4-11,13H,12H2,1-3H3. The maximum Gasteiger partial charge on any atom is 0.338 e. The van der Waals surface area contributed by atoms with Crippen molar-refractivity contribution in [3.05, 3.63) is 70.7 Å². The number of hydrogen-bond acceptors (Lipinski definition) is 6. The van der Waals surface area contributed by atoms with E-state index in [2.05, 4.69) is 4.98 Å². The van der Waals surface area contributed by atoms with Gasteiger partial charge < -0.3 is 4.74 Å². The number of sulfonamides is 1. The van der Waals surface area contributed by atoms with Crippen molar-refractivity contribution in [2.75, 3.05) is 14.1 Å². The summed E-state index contributed by atoms with van der Waals surface area (Å²) in [5, 5.41) is 2.72. The van der Waals surface area contributed by atoms with E-state index in [-0.39, 0.29) is 17.1 Å². The lowest BCUT2D eigenvalue weighted by molar-refractivity contribution is 0.0468. The largest absolute Gasteiger partial charge is 0.456 e. The summed E-state index contributed by atoms with van der Waals surface area (Å²) >= 11 is 1.49. The van der Waals surface area contributed by atoms with Gasteiger partial charge in [0, 0.05) is 25.0 Å². The van der Waals surface area contributed by atoms with E-state index in [9.17, 15) is 13.2 Å². The smallest absolute Gasteiger partial charge is 0.338 e. The van der Waals surface area contributed by atoms with E-state index in [1.807, 2.05) is 36.6 Å². The Balaban J connectivity index is 1.64. The number of nitrogens with zero attached hydrogens (tertiary/aromatic N) is 2. The SMILES string of the molecule is Cc1ccc(-c2nc(COC(=O)c3ccc(S(=O)(=O)N(C)C)cc3)cs2)cc1. The van der Waals surface area contributed by atoms with E-state index in [0.717, 1.165) is 14.9 Å². The molecule has 146 valence electrons. The molecule has 3 aromatic rings. The van der Waals surface area contributed by atoms with Crippen LogP contribution in [0.4, 0.5) is 0 Å². The summed E-state index contributed by atoms with van der Waals surface area (Å²) in [5.74, 6) is -0.529. The Morgan fingerprint density at radius 2 is 1.71 bits per heavy atom. The predicted molar refractivity (Wildman–Crippen MR) is 109 cm³/mol. The second-order valence-electron chi connectivity index (χ2n) is 6.40. The molecule has 0 aliphatic heterocycles. The van der Waals surface area contributed by atoms with Gasteiger partial charge in [-0.05, 0) is 31.2 Å². The maximum atomic E-state index is 12.2. The van der Waals surface area contributed by atoms with E-state index in [1.54, 1.807) is 0 Å². The quantitative estimate of drug-likeness (QED) is 0.573. The molecule has 28 heavy (non-hydrogen) atoms. The molecule has 2 aromatic carbocycles. The fourth-order valence-electron chi connectivity index (χ4n) is 2.40. The normalized spacial score (nSPS) is 11.6. The molecule has 1 aromatic heterocycles. The van der Waals surface area contributed by atoms with Gasteiger partial charge in [0.15, 0.2) is 0 Å². The summed E-state index contributed by atoms with van der Waals surface area (Å²) in [5.41, 5.74) is 3.15. The van der Waals surface area contributed by atoms with Crippen LogP contribution in [0.1, 0.15) is 21.6 Å². The van der Waals surface area contributed by atoms with Crippen molar-refractivity contribution in [1.82, 2.24) is 9.29 Å². The fourth-order valence-corrected chi connectivity index (χ4v) is 4.11. The lowest BCUT2D eigenvalue weighted by Gasteiger charge is -2.11. The van der Waals surface area contributed by atoms with Crippen LogP contribution in [0.15, 0.2) is 58.8 Å². The molecule has 0 fully saturated rings. The Labute approximate surface area is 168 Å². The zero-order valence-corrected chi connectivity index (χ0v) is 17.4. The molecule has 0 amide bonds. The zero-order chi connectivity index (χ0) is 20.3. The van der Waals surface area contributed by atoms with Crippen molar-refractivity contribution in [2.24, 2.45) is 0 Å². The lowest BCUT2D eigenvalue weighted by atomic mass is 10.2. The van der Waals surface area contributed by atoms with Crippen LogP contribution in [0.5, 0.6) is 0 Å². The van der Waals surface area contributed by atoms with Gasteiger partial charge >= 0.3 is 5.97 Å². The summed E-state index contributed by atoms with van der Waals surface area (Å²) in [6.45, 7) is 2.08. The molecule has 1 heterocycles. The second kappa shape index (κ2) is 8.22. The fraction of sp³-hybridized carbons (Fsp3) is 0.200. The number of thiazole rings is 1. The highest BCUT2D eigenvalue weighted by Crippen LogP contribution is 2.24. The first-order chi connectivity index (χ1) is 13.3. The lowest BCUT2D eigenvalue weighted by Crippen LogP contribution is -2.22. The molecule has 0 atom stereocenters. The van der Waals surface area contributed by atoms with Gasteiger partial charge in [-0.1, -0.05) is 29.8 Å². The molecule has 0 spiro atoms. The summed E-state index contributed by atoms with van der Waals surface area (Å²) in [4.78, 5) is 16.8. The van der Waals surface area contributed by atoms with Crippen LogP contribution in [0.25, 0.3) is 10.6 Å². The molecule has 0 saturated carbocycles. The third kappa shape index (κ3) is 4.46. The van der Waals surface area contributed by atoms with Crippen molar-refractivity contribution in [2.45, 2.75) is 18.4 Å². The average molecular weight is 417 g/mol. The third-order valence-electron chi connectivity index (χ3n) is 4.07. The highest BCUT2D eigenvalue weighted by Gasteiger charge is 2.18. The third-order valence-corrected chi connectivity index (χ3v) is 6.84. The number of carbonyl (C=O) groups excluding carboxylic acids is 1. The number of esters is 1. The van der Waals surface area contributed by atoms with Crippen LogP contribution < -0.4 is 0 Å². The number of aromatic nitrogens is 1. The second-order valence-corrected chi connectivity index (χ2v) is 9.41. The zero-order valence-electron chi connectivity index (χ0n) is 15.7. The first-order valence-electron chi connectivity index (χ1n) is 8.48. The van der Waals surface area contributed by atoms with Gasteiger partial charge in [0.1, 0.15) is 11.6 Å². The Bertz CT molecular complexity index is 1070. The van der Waals surface area contributed by atoms with Crippen molar-refractivity contribution >= 4 is 27.3 Å². The molecule has 0 radical (unpaired) electrons. The Kier molecular flexibility index (Phi) is 5.93. The van der Waals surface area contributed by atoms with Crippen molar-refractivity contribution in [3.8, 4) is 10.6 Å². The van der Waals surface area contributed by atoms with Gasteiger partial charge in [-0.15, -0.1) is 11.3 Å².